The Balaban J connectivity index is 1.19. The second kappa shape index (κ2) is 15.4. The summed E-state index contributed by atoms with van der Waals surface area (Å²) < 4.78 is 44.1. The number of ketones is 1. The van der Waals surface area contributed by atoms with Crippen LogP contribution in [0, 0.1) is 11.8 Å². The molecule has 0 bridgehead atoms. The van der Waals surface area contributed by atoms with Crippen molar-refractivity contribution in [2.24, 2.45) is 29.8 Å². The minimum atomic E-state index is -5.01. The van der Waals surface area contributed by atoms with Crippen LogP contribution in [0.5, 0.6) is 5.75 Å². The first-order chi connectivity index (χ1) is 25.9. The molecular weight excluding hydrogens is 759 g/mol. The number of rotatable bonds is 16. The van der Waals surface area contributed by atoms with Crippen molar-refractivity contribution in [3.05, 3.63) is 47.2 Å². The number of nitrogens with two attached hydrogens (primary N) is 2. The lowest BCUT2D eigenvalue weighted by atomic mass is 9.74. The number of carboxylic acids is 1. The second-order valence-corrected chi connectivity index (χ2v) is 16.4. The number of benzene rings is 1. The zero-order chi connectivity index (χ0) is 39.9. The summed E-state index contributed by atoms with van der Waals surface area (Å²) in [6.07, 6.45) is 2.95. The molecule has 296 valence electrons. The number of nitrogen functional groups attached to an aromatic ring is 1. The highest BCUT2D eigenvalue weighted by molar-refractivity contribution is 7.80. The lowest BCUT2D eigenvalue weighted by molar-refractivity contribution is -0.661. The number of nitrogens with one attached hydrogen (secondary N) is 1. The normalized spacial score (nSPS) is 20.7. The number of carbonyl (C=O) groups is 3. The molecule has 0 radical (unpaired) electrons. The Kier molecular flexibility index (Phi) is 11.2. The lowest BCUT2D eigenvalue weighted by Gasteiger charge is -2.50. The van der Waals surface area contributed by atoms with Crippen molar-refractivity contribution in [3.8, 4) is 16.9 Å². The van der Waals surface area contributed by atoms with Crippen molar-refractivity contribution < 1.29 is 50.9 Å². The molecule has 3 aromatic rings. The number of hydrogen-bond donors (Lipinski definition) is 5. The van der Waals surface area contributed by atoms with E-state index in [-0.39, 0.29) is 17.2 Å². The zero-order valence-electron chi connectivity index (χ0n) is 30.7. The smallest absolute Gasteiger partial charge is 0.418 e. The van der Waals surface area contributed by atoms with Crippen LogP contribution >= 0.6 is 11.3 Å². The fraction of sp³-hybridized carbons (Fsp3) is 0.500. The van der Waals surface area contributed by atoms with Gasteiger partial charge in [-0.3, -0.25) is 19.0 Å². The number of Topliss-reactive ketones (excluding diaryl/α,β-unsaturated/α-hetero) is 1. The molecule has 5 heterocycles. The molecule has 0 spiro atoms. The lowest BCUT2D eigenvalue weighted by Crippen LogP contribution is -2.68. The van der Waals surface area contributed by atoms with Gasteiger partial charge in [0.2, 0.25) is 0 Å². The molecule has 6 rings (SSSR count). The number of aromatic nitrogens is 3. The molecule has 0 unspecified atom stereocenters. The SMILES string of the molecule is C[n+]1cc(-c2ccc3c(c2)CC[C@H]([C@](C)(O/N=C(\C(=O)C[C@@H]2C(=O)N(OS(=O)(=O)O)C2(C)C)c2csc(N)n2)C(=O)O)O3)cnc1N(CCN)CC1CNC1. The number of nitrogens with zero attached hydrogens (tertiary/aromatic N) is 6. The van der Waals surface area contributed by atoms with E-state index in [4.69, 9.17) is 30.6 Å². The van der Waals surface area contributed by atoms with Crippen molar-refractivity contribution in [2.45, 2.75) is 57.3 Å². The monoisotopic (exact) mass is 802 g/mol. The van der Waals surface area contributed by atoms with Crippen LogP contribution in [-0.4, -0.2) is 106 Å². The minimum absolute atomic E-state index is 0.0167. The van der Waals surface area contributed by atoms with Crippen LogP contribution in [0.3, 0.4) is 0 Å². The number of anilines is 2. The largest absolute Gasteiger partial charge is 0.485 e. The van der Waals surface area contributed by atoms with E-state index in [1.807, 2.05) is 36.1 Å². The molecular formula is C34H44N9O10S2+. The standard InChI is InChI=1S/C34H43N9O10S2/c1-33(2)23(29(45)43(33)53-55(48,49)50)12-25(44)28(24-18-54-31(36)39-24)40-52-34(3,30(46)47)27-8-6-21-11-20(5-7-26(21)51-27)22-15-38-32(41(4)17-22)42(10-9-35)16-19-13-37-14-19/h5,7,11,15,17-19,23,27,37H,6,8-10,12-14,16,35H2,1-4H3,(H3-,36,39,46,47,48,49,50)/p+1/b40-28-/t23-,27-,34+/m1/s1. The third-order valence-corrected chi connectivity index (χ3v) is 11.2. The Morgan fingerprint density at radius 2 is 2.04 bits per heavy atom. The van der Waals surface area contributed by atoms with Crippen LogP contribution in [0.1, 0.15) is 44.9 Å². The summed E-state index contributed by atoms with van der Waals surface area (Å²) in [6, 6.07) is 5.60. The van der Waals surface area contributed by atoms with E-state index in [0.717, 1.165) is 53.6 Å². The minimum Gasteiger partial charge on any atom is -0.485 e. The number of aliphatic carboxylic acids is 1. The highest BCUT2D eigenvalue weighted by Gasteiger charge is 2.58. The molecule has 21 heteroatoms. The van der Waals surface area contributed by atoms with E-state index in [1.54, 1.807) is 6.07 Å². The van der Waals surface area contributed by atoms with Crippen LogP contribution in [0.2, 0.25) is 0 Å². The maximum Gasteiger partial charge on any atom is 0.418 e. The molecule has 3 atom stereocenters. The Morgan fingerprint density at radius 3 is 2.62 bits per heavy atom. The predicted octanol–water partition coefficient (Wildman–Crippen LogP) is 0.485. The van der Waals surface area contributed by atoms with Crippen molar-refractivity contribution >= 4 is 56.2 Å². The highest BCUT2D eigenvalue weighted by atomic mass is 32.3. The van der Waals surface area contributed by atoms with Gasteiger partial charge in [-0.05, 0) is 56.9 Å². The average Bonchev–Trinajstić information content (AvgIpc) is 3.54. The second-order valence-electron chi connectivity index (χ2n) is 14.5. The Hall–Kier alpha value is -4.80. The Morgan fingerprint density at radius 1 is 1.29 bits per heavy atom. The van der Waals surface area contributed by atoms with Crippen molar-refractivity contribution in [1.29, 1.82) is 0 Å². The third-order valence-electron chi connectivity index (χ3n) is 10.2. The predicted molar refractivity (Wildman–Crippen MR) is 198 cm³/mol. The van der Waals surface area contributed by atoms with E-state index >= 15 is 0 Å². The number of amides is 1. The quantitative estimate of drug-likeness (QED) is 0.0434. The third kappa shape index (κ3) is 8.26. The van der Waals surface area contributed by atoms with Gasteiger partial charge in [-0.1, -0.05) is 16.2 Å². The van der Waals surface area contributed by atoms with Gasteiger partial charge in [-0.2, -0.15) is 13.5 Å². The molecule has 19 nitrogen and oxygen atoms in total. The number of hydroxylamine groups is 2. The van der Waals surface area contributed by atoms with E-state index in [9.17, 15) is 27.9 Å². The molecule has 1 aromatic carbocycles. The van der Waals surface area contributed by atoms with Gasteiger partial charge in [0.25, 0.3) is 11.5 Å². The van der Waals surface area contributed by atoms with Gasteiger partial charge in [0.1, 0.15) is 17.6 Å². The number of carboxylic acid groups (broad SMARTS) is 1. The van der Waals surface area contributed by atoms with Gasteiger partial charge < -0.3 is 31.5 Å². The molecule has 7 N–H and O–H groups in total. The summed E-state index contributed by atoms with van der Waals surface area (Å²) >= 11 is 0.998. The van der Waals surface area contributed by atoms with Gasteiger partial charge in [-0.25, -0.2) is 14.3 Å². The van der Waals surface area contributed by atoms with Crippen LogP contribution in [-0.2, 0) is 47.4 Å². The van der Waals surface area contributed by atoms with E-state index < -0.39 is 63.4 Å². The van der Waals surface area contributed by atoms with Gasteiger partial charge in [0, 0.05) is 42.9 Å². The number of oxime groups is 1. The van der Waals surface area contributed by atoms with Gasteiger partial charge in [0.05, 0.1) is 37.8 Å². The van der Waals surface area contributed by atoms with Crippen LogP contribution in [0.25, 0.3) is 11.1 Å². The summed E-state index contributed by atoms with van der Waals surface area (Å²) in [5.41, 5.74) is 10.5. The fourth-order valence-corrected chi connectivity index (χ4v) is 7.81. The highest BCUT2D eigenvalue weighted by Crippen LogP contribution is 2.41. The van der Waals surface area contributed by atoms with E-state index in [0.29, 0.717) is 36.2 Å². The van der Waals surface area contributed by atoms with Crippen molar-refractivity contribution in [2.75, 3.05) is 43.4 Å². The number of thiazole rings is 1. The Labute approximate surface area is 321 Å². The first-order valence-electron chi connectivity index (χ1n) is 17.5. The molecule has 0 aliphatic carbocycles. The average molecular weight is 803 g/mol. The van der Waals surface area contributed by atoms with Gasteiger partial charge in [-0.15, -0.1) is 15.6 Å². The number of hydrogen-bond acceptors (Lipinski definition) is 16. The topological polar surface area (TPSA) is 266 Å². The van der Waals surface area contributed by atoms with Crippen LogP contribution in [0.4, 0.5) is 11.1 Å². The van der Waals surface area contributed by atoms with Crippen molar-refractivity contribution in [1.82, 2.24) is 20.3 Å². The summed E-state index contributed by atoms with van der Waals surface area (Å²) in [7, 11) is -3.06. The first-order valence-corrected chi connectivity index (χ1v) is 19.7. The fourth-order valence-electron chi connectivity index (χ4n) is 6.81. The summed E-state index contributed by atoms with van der Waals surface area (Å²) in [6.45, 7) is 8.16. The van der Waals surface area contributed by atoms with E-state index in [1.165, 1.54) is 26.2 Å². The van der Waals surface area contributed by atoms with Crippen molar-refractivity contribution in [3.63, 3.8) is 0 Å². The summed E-state index contributed by atoms with van der Waals surface area (Å²) in [5, 5.41) is 19.7. The Bertz CT molecular complexity index is 2120. The number of aryl methyl sites for hydroxylation is 2. The number of carbonyl (C=O) groups excluding carboxylic acids is 2. The number of β-lactam (4-membered cyclic amide) rings is 1. The molecule has 3 aliphatic heterocycles. The zero-order valence-corrected chi connectivity index (χ0v) is 32.3. The van der Waals surface area contributed by atoms with Crippen LogP contribution < -0.4 is 31.0 Å². The van der Waals surface area contributed by atoms with Gasteiger partial charge in [0.15, 0.2) is 22.7 Å². The first kappa shape index (κ1) is 39.9. The maximum atomic E-state index is 13.7. The maximum absolute atomic E-state index is 13.7. The summed E-state index contributed by atoms with van der Waals surface area (Å²) in [4.78, 5) is 56.0. The molecule has 0 saturated carbocycles. The molecule has 2 saturated heterocycles. The number of ether oxygens (including phenoxy) is 1. The van der Waals surface area contributed by atoms with Crippen LogP contribution in [0.15, 0.2) is 41.1 Å². The molecule has 1 amide bonds. The van der Waals surface area contributed by atoms with Gasteiger partial charge >= 0.3 is 22.3 Å². The summed E-state index contributed by atoms with van der Waals surface area (Å²) in [5.74, 6) is -2.32. The molecule has 2 aromatic heterocycles. The molecule has 55 heavy (non-hydrogen) atoms. The molecule has 2 fully saturated rings. The molecule has 3 aliphatic rings. The number of fused-ring (bicyclic) bond motifs is 1. The van der Waals surface area contributed by atoms with E-state index in [2.05, 4.69) is 24.6 Å².